The van der Waals surface area contributed by atoms with Gasteiger partial charge in [-0.2, -0.15) is 4.57 Å². The van der Waals surface area contributed by atoms with Crippen molar-refractivity contribution in [3.63, 3.8) is 0 Å². The Morgan fingerprint density at radius 2 is 2.00 bits per heavy atom. The third-order valence-corrected chi connectivity index (χ3v) is 5.58. The Morgan fingerprint density at radius 3 is 2.65 bits per heavy atom. The molecule has 3 rings (SSSR count). The number of aryl methyl sites for hydroxylation is 1. The molecule has 0 fully saturated rings. The number of hydrogen-bond donors (Lipinski definition) is 1. The molecule has 1 aliphatic carbocycles. The lowest BCUT2D eigenvalue weighted by Gasteiger charge is -2.10. The first-order chi connectivity index (χ1) is 12.5. The minimum absolute atomic E-state index is 0.155. The molecular weight excluding hydrogens is 350 g/mol. The zero-order valence-electron chi connectivity index (χ0n) is 15.4. The Bertz CT molecular complexity index is 812. The second-order valence-electron chi connectivity index (χ2n) is 6.45. The zero-order chi connectivity index (χ0) is 18.7. The molecule has 0 radical (unpaired) electrons. The number of anilines is 2. The van der Waals surface area contributed by atoms with Crippen molar-refractivity contribution in [2.24, 2.45) is 0 Å². The molecule has 0 atom stereocenters. The van der Waals surface area contributed by atoms with Gasteiger partial charge in [-0.3, -0.25) is 4.79 Å². The van der Waals surface area contributed by atoms with Crippen molar-refractivity contribution in [3.8, 4) is 0 Å². The van der Waals surface area contributed by atoms with Crippen LogP contribution in [-0.2, 0) is 28.9 Å². The lowest BCUT2D eigenvalue weighted by Crippen LogP contribution is -2.39. The molecule has 1 N–H and O–H groups in total. The number of hydrogen-bond acceptors (Lipinski definition) is 5. The number of thiophene rings is 1. The van der Waals surface area contributed by atoms with Crippen LogP contribution in [0.3, 0.4) is 0 Å². The molecule has 1 aliphatic rings. The fourth-order valence-electron chi connectivity index (χ4n) is 3.10. The molecule has 138 valence electrons. The lowest BCUT2D eigenvalue weighted by atomic mass is 10.1. The molecule has 0 bridgehead atoms. The summed E-state index contributed by atoms with van der Waals surface area (Å²) in [6.07, 6.45) is 6.63. The van der Waals surface area contributed by atoms with Crippen LogP contribution in [0.1, 0.15) is 34.1 Å². The number of carbonyl (C=O) groups is 2. The number of carbonyl (C=O) groups excluding carboxylic acids is 2. The number of fused-ring (bicyclic) bond motifs is 1. The van der Waals surface area contributed by atoms with Gasteiger partial charge in [-0.1, -0.05) is 0 Å². The number of esters is 1. The first kappa shape index (κ1) is 18.4. The Balaban J connectivity index is 1.74. The van der Waals surface area contributed by atoms with Crippen LogP contribution in [0, 0.1) is 0 Å². The highest BCUT2D eigenvalue weighted by molar-refractivity contribution is 7.17. The smallest absolute Gasteiger partial charge is 0.341 e. The molecule has 7 heteroatoms. The summed E-state index contributed by atoms with van der Waals surface area (Å²) in [5.41, 5.74) is 2.67. The van der Waals surface area contributed by atoms with Gasteiger partial charge in [-0.05, 0) is 31.7 Å². The monoisotopic (exact) mass is 374 g/mol. The molecule has 0 saturated heterocycles. The second kappa shape index (κ2) is 7.86. The number of aromatic nitrogens is 1. The van der Waals surface area contributed by atoms with Crippen LogP contribution in [0.2, 0.25) is 0 Å². The van der Waals surface area contributed by atoms with Gasteiger partial charge in [0.05, 0.1) is 12.2 Å². The molecule has 0 saturated carbocycles. The van der Waals surface area contributed by atoms with Crippen molar-refractivity contribution < 1.29 is 18.9 Å². The number of amides is 1. The minimum Gasteiger partial charge on any atom is -0.462 e. The maximum Gasteiger partial charge on any atom is 0.341 e. The van der Waals surface area contributed by atoms with Gasteiger partial charge in [0.25, 0.3) is 5.91 Å². The summed E-state index contributed by atoms with van der Waals surface area (Å²) in [5.74, 6) is -0.497. The van der Waals surface area contributed by atoms with E-state index in [4.69, 9.17) is 4.74 Å². The zero-order valence-corrected chi connectivity index (χ0v) is 16.2. The quantitative estimate of drug-likeness (QED) is 0.623. The van der Waals surface area contributed by atoms with Crippen molar-refractivity contribution in [1.82, 2.24) is 0 Å². The SMILES string of the molecule is CCOC(=O)c1c(NC(=O)C[n+]2ccc(N(C)C)cc2)sc2c1CCC2. The van der Waals surface area contributed by atoms with E-state index in [-0.39, 0.29) is 18.4 Å². The van der Waals surface area contributed by atoms with E-state index in [1.807, 2.05) is 48.1 Å². The van der Waals surface area contributed by atoms with Gasteiger partial charge >= 0.3 is 5.97 Å². The molecule has 0 aromatic carbocycles. The summed E-state index contributed by atoms with van der Waals surface area (Å²) in [6, 6.07) is 3.91. The number of ether oxygens (including phenoxy) is 1. The van der Waals surface area contributed by atoms with E-state index in [0.717, 1.165) is 30.5 Å². The van der Waals surface area contributed by atoms with Gasteiger partial charge in [0.1, 0.15) is 5.00 Å². The molecule has 2 heterocycles. The van der Waals surface area contributed by atoms with E-state index < -0.39 is 0 Å². The predicted octanol–water partition coefficient (Wildman–Crippen LogP) is 2.41. The number of nitrogens with one attached hydrogen (secondary N) is 1. The van der Waals surface area contributed by atoms with Crippen LogP contribution >= 0.6 is 11.3 Å². The molecule has 1 amide bonds. The van der Waals surface area contributed by atoms with Gasteiger partial charge in [0.15, 0.2) is 12.4 Å². The molecule has 2 aromatic rings. The van der Waals surface area contributed by atoms with Crippen molar-refractivity contribution in [1.29, 1.82) is 0 Å². The minimum atomic E-state index is -0.342. The summed E-state index contributed by atoms with van der Waals surface area (Å²) in [7, 11) is 3.94. The standard InChI is InChI=1S/C19H23N3O3S/c1-4-25-19(24)17-14-6-5-7-15(14)26-18(17)20-16(23)12-22-10-8-13(9-11-22)21(2)3/h8-11H,4-7,12H2,1-3H3/p+1. The van der Waals surface area contributed by atoms with Crippen LogP contribution in [-0.4, -0.2) is 32.6 Å². The third-order valence-electron chi connectivity index (χ3n) is 4.37. The Morgan fingerprint density at radius 1 is 1.27 bits per heavy atom. The van der Waals surface area contributed by atoms with E-state index in [2.05, 4.69) is 5.32 Å². The largest absolute Gasteiger partial charge is 0.462 e. The average molecular weight is 374 g/mol. The Labute approximate surface area is 157 Å². The highest BCUT2D eigenvalue weighted by Crippen LogP contribution is 2.39. The van der Waals surface area contributed by atoms with Crippen molar-refractivity contribution in [2.75, 3.05) is 30.9 Å². The summed E-state index contributed by atoms with van der Waals surface area (Å²) < 4.78 is 7.01. The average Bonchev–Trinajstić information content (AvgIpc) is 3.15. The van der Waals surface area contributed by atoms with Crippen LogP contribution in [0.25, 0.3) is 0 Å². The van der Waals surface area contributed by atoms with Crippen molar-refractivity contribution in [2.45, 2.75) is 32.7 Å². The van der Waals surface area contributed by atoms with E-state index in [0.29, 0.717) is 17.2 Å². The maximum absolute atomic E-state index is 12.5. The first-order valence-corrected chi connectivity index (χ1v) is 9.59. The van der Waals surface area contributed by atoms with Gasteiger partial charge in [-0.15, -0.1) is 11.3 Å². The van der Waals surface area contributed by atoms with Crippen LogP contribution < -0.4 is 14.8 Å². The Hall–Kier alpha value is -2.41. The molecule has 6 nitrogen and oxygen atoms in total. The highest BCUT2D eigenvalue weighted by atomic mass is 32.1. The molecule has 0 unspecified atom stereocenters. The lowest BCUT2D eigenvalue weighted by molar-refractivity contribution is -0.684. The van der Waals surface area contributed by atoms with E-state index in [1.54, 1.807) is 6.92 Å². The van der Waals surface area contributed by atoms with Gasteiger partial charge in [-0.25, -0.2) is 4.79 Å². The first-order valence-electron chi connectivity index (χ1n) is 8.77. The van der Waals surface area contributed by atoms with Crippen LogP contribution in [0.5, 0.6) is 0 Å². The van der Waals surface area contributed by atoms with E-state index >= 15 is 0 Å². The van der Waals surface area contributed by atoms with E-state index in [1.165, 1.54) is 16.2 Å². The van der Waals surface area contributed by atoms with Crippen molar-refractivity contribution >= 4 is 33.9 Å². The number of pyridine rings is 1. The summed E-state index contributed by atoms with van der Waals surface area (Å²) in [5, 5.41) is 3.53. The molecular formula is C19H24N3O3S+. The van der Waals surface area contributed by atoms with Gasteiger partial charge in [0, 0.05) is 36.8 Å². The second-order valence-corrected chi connectivity index (χ2v) is 7.56. The summed E-state index contributed by atoms with van der Waals surface area (Å²) in [6.45, 7) is 2.31. The number of rotatable bonds is 6. The van der Waals surface area contributed by atoms with E-state index in [9.17, 15) is 9.59 Å². The maximum atomic E-state index is 12.5. The molecule has 2 aromatic heterocycles. The number of nitrogens with zero attached hydrogens (tertiary/aromatic N) is 2. The molecule has 0 spiro atoms. The van der Waals surface area contributed by atoms with Gasteiger partial charge in [0.2, 0.25) is 6.54 Å². The van der Waals surface area contributed by atoms with Crippen LogP contribution in [0.15, 0.2) is 24.5 Å². The summed E-state index contributed by atoms with van der Waals surface area (Å²) in [4.78, 5) is 28.0. The topological polar surface area (TPSA) is 62.5 Å². The third kappa shape index (κ3) is 3.88. The predicted molar refractivity (Wildman–Crippen MR) is 102 cm³/mol. The van der Waals surface area contributed by atoms with Gasteiger partial charge < -0.3 is 15.0 Å². The molecule has 26 heavy (non-hydrogen) atoms. The van der Waals surface area contributed by atoms with Crippen molar-refractivity contribution in [3.05, 3.63) is 40.5 Å². The van der Waals surface area contributed by atoms with Crippen LogP contribution in [0.4, 0.5) is 10.7 Å². The molecule has 0 aliphatic heterocycles. The normalized spacial score (nSPS) is 12.6. The highest BCUT2D eigenvalue weighted by Gasteiger charge is 2.28. The Kier molecular flexibility index (Phi) is 5.56. The fraction of sp³-hybridized carbons (Fsp3) is 0.421. The summed E-state index contributed by atoms with van der Waals surface area (Å²) >= 11 is 1.50. The fourth-order valence-corrected chi connectivity index (χ4v) is 4.39.